The van der Waals surface area contributed by atoms with Crippen LogP contribution in [-0.2, 0) is 30.7 Å². The van der Waals surface area contributed by atoms with E-state index >= 15 is 0 Å². The number of ether oxygens (including phenoxy) is 1. The van der Waals surface area contributed by atoms with Gasteiger partial charge in [0.25, 0.3) is 5.56 Å². The van der Waals surface area contributed by atoms with Crippen molar-refractivity contribution in [2.24, 2.45) is 5.92 Å². The van der Waals surface area contributed by atoms with Gasteiger partial charge in [-0.15, -0.1) is 11.3 Å². The molecular formula is C24H30N4O3S. The van der Waals surface area contributed by atoms with E-state index in [2.05, 4.69) is 12.2 Å². The van der Waals surface area contributed by atoms with Gasteiger partial charge >= 0.3 is 0 Å². The number of nitrogens with one attached hydrogen (secondary N) is 1. The first kappa shape index (κ1) is 22.5. The number of benzene rings is 1. The summed E-state index contributed by atoms with van der Waals surface area (Å²) in [7, 11) is 3.86. The number of hydrogen-bond donors (Lipinski definition) is 1. The fraction of sp³-hybridized carbons (Fsp3) is 0.458. The molecule has 0 spiro atoms. The number of hydrogen-bond acceptors (Lipinski definition) is 6. The van der Waals surface area contributed by atoms with Crippen LogP contribution in [0.3, 0.4) is 0 Å². The largest absolute Gasteiger partial charge is 0.492 e. The minimum absolute atomic E-state index is 0.0908. The first-order valence-corrected chi connectivity index (χ1v) is 11.9. The topological polar surface area (TPSA) is 76.5 Å². The second kappa shape index (κ2) is 9.42. The average molecular weight is 455 g/mol. The summed E-state index contributed by atoms with van der Waals surface area (Å²) in [5.41, 5.74) is 1.61. The molecule has 0 saturated carbocycles. The molecule has 3 aromatic rings. The Balaban J connectivity index is 1.71. The van der Waals surface area contributed by atoms with E-state index in [9.17, 15) is 9.59 Å². The molecule has 0 aliphatic heterocycles. The Morgan fingerprint density at radius 3 is 2.88 bits per heavy atom. The first-order valence-electron chi connectivity index (χ1n) is 11.1. The molecule has 2 heterocycles. The minimum Gasteiger partial charge on any atom is -0.492 e. The predicted octanol–water partition coefficient (Wildman–Crippen LogP) is 3.68. The van der Waals surface area contributed by atoms with Gasteiger partial charge in [-0.1, -0.05) is 19.1 Å². The van der Waals surface area contributed by atoms with Gasteiger partial charge in [-0.2, -0.15) is 0 Å². The van der Waals surface area contributed by atoms with Crippen LogP contribution in [0.15, 0.2) is 29.1 Å². The molecule has 32 heavy (non-hydrogen) atoms. The summed E-state index contributed by atoms with van der Waals surface area (Å²) in [5, 5.41) is 3.60. The maximum Gasteiger partial charge on any atom is 0.263 e. The summed E-state index contributed by atoms with van der Waals surface area (Å²) in [4.78, 5) is 35.5. The molecule has 1 aliphatic rings. The maximum absolute atomic E-state index is 13.6. The highest BCUT2D eigenvalue weighted by Gasteiger charge is 2.25. The lowest BCUT2D eigenvalue weighted by Gasteiger charge is -2.18. The van der Waals surface area contributed by atoms with Crippen molar-refractivity contribution in [1.82, 2.24) is 14.5 Å². The highest BCUT2D eigenvalue weighted by molar-refractivity contribution is 7.18. The van der Waals surface area contributed by atoms with Crippen molar-refractivity contribution in [3.63, 3.8) is 0 Å². The molecule has 0 bridgehead atoms. The molecule has 1 amide bonds. The number of rotatable bonds is 7. The summed E-state index contributed by atoms with van der Waals surface area (Å²) in [6.07, 6.45) is 2.97. The summed E-state index contributed by atoms with van der Waals surface area (Å²) < 4.78 is 7.14. The van der Waals surface area contributed by atoms with E-state index in [1.54, 1.807) is 17.4 Å². The molecule has 170 valence electrons. The summed E-state index contributed by atoms with van der Waals surface area (Å²) in [6.45, 7) is 5.04. The second-order valence-corrected chi connectivity index (χ2v) is 9.75. The van der Waals surface area contributed by atoms with Crippen LogP contribution in [0.1, 0.15) is 36.5 Å². The number of para-hydroxylation sites is 2. The van der Waals surface area contributed by atoms with Gasteiger partial charge in [0.15, 0.2) is 0 Å². The molecular weight excluding hydrogens is 424 g/mol. The standard InChI is InChI=1S/C24H30N4O3S/c1-5-31-18-9-7-6-8-17(18)25-21(29)14-28-20(13-27(3)4)26-23-22(24(28)30)16-11-10-15(2)12-19(16)32-23/h6-9,15H,5,10-14H2,1-4H3,(H,25,29). The van der Waals surface area contributed by atoms with Crippen LogP contribution in [0.5, 0.6) is 5.75 Å². The van der Waals surface area contributed by atoms with Crippen molar-refractivity contribution in [1.29, 1.82) is 0 Å². The fourth-order valence-corrected chi connectivity index (χ4v) is 5.61. The van der Waals surface area contributed by atoms with E-state index in [0.717, 1.165) is 29.7 Å². The lowest BCUT2D eigenvalue weighted by molar-refractivity contribution is -0.116. The van der Waals surface area contributed by atoms with Crippen molar-refractivity contribution in [3.05, 3.63) is 50.9 Å². The molecule has 0 radical (unpaired) electrons. The Hall–Kier alpha value is -2.71. The number of thiophene rings is 1. The molecule has 1 atom stereocenters. The van der Waals surface area contributed by atoms with Crippen LogP contribution in [0, 0.1) is 5.92 Å². The Morgan fingerprint density at radius 2 is 2.12 bits per heavy atom. The Morgan fingerprint density at radius 1 is 1.34 bits per heavy atom. The molecule has 0 saturated heterocycles. The number of nitrogens with zero attached hydrogens (tertiary/aromatic N) is 3. The maximum atomic E-state index is 13.6. The van der Waals surface area contributed by atoms with Crippen molar-refractivity contribution < 1.29 is 9.53 Å². The molecule has 1 unspecified atom stereocenters. The zero-order valence-corrected chi connectivity index (χ0v) is 19.9. The predicted molar refractivity (Wildman–Crippen MR) is 129 cm³/mol. The molecule has 8 heteroatoms. The lowest BCUT2D eigenvalue weighted by Crippen LogP contribution is -2.33. The fourth-order valence-electron chi connectivity index (χ4n) is 4.22. The number of amides is 1. The van der Waals surface area contributed by atoms with Crippen molar-refractivity contribution in [2.45, 2.75) is 46.2 Å². The first-order chi connectivity index (χ1) is 15.4. The molecule has 2 aromatic heterocycles. The van der Waals surface area contributed by atoms with Gasteiger partial charge in [0, 0.05) is 4.88 Å². The summed E-state index contributed by atoms with van der Waals surface area (Å²) >= 11 is 1.64. The van der Waals surface area contributed by atoms with Gasteiger partial charge in [-0.25, -0.2) is 4.98 Å². The van der Waals surface area contributed by atoms with Gasteiger partial charge in [0.05, 0.1) is 24.2 Å². The monoisotopic (exact) mass is 454 g/mol. The average Bonchev–Trinajstić information content (AvgIpc) is 3.09. The normalized spacial score (nSPS) is 15.7. The molecule has 1 aliphatic carbocycles. The van der Waals surface area contributed by atoms with Gasteiger partial charge in [0.1, 0.15) is 22.9 Å². The van der Waals surface area contributed by atoms with E-state index in [0.29, 0.717) is 41.7 Å². The van der Waals surface area contributed by atoms with Crippen LogP contribution in [0.25, 0.3) is 10.2 Å². The van der Waals surface area contributed by atoms with Crippen LogP contribution in [0.4, 0.5) is 5.69 Å². The molecule has 7 nitrogen and oxygen atoms in total. The van der Waals surface area contributed by atoms with Crippen LogP contribution < -0.4 is 15.6 Å². The van der Waals surface area contributed by atoms with Gasteiger partial charge < -0.3 is 15.0 Å². The van der Waals surface area contributed by atoms with Crippen molar-refractivity contribution in [3.8, 4) is 5.75 Å². The number of anilines is 1. The molecule has 1 N–H and O–H groups in total. The van der Waals surface area contributed by atoms with Gasteiger partial charge in [-0.05, 0) is 63.9 Å². The summed E-state index contributed by atoms with van der Waals surface area (Å²) in [5.74, 6) is 1.56. The third kappa shape index (κ3) is 4.56. The van der Waals surface area contributed by atoms with Gasteiger partial charge in [-0.3, -0.25) is 14.2 Å². The highest BCUT2D eigenvalue weighted by Crippen LogP contribution is 2.36. The van der Waals surface area contributed by atoms with Crippen molar-refractivity contribution >= 4 is 33.1 Å². The quantitative estimate of drug-likeness (QED) is 0.589. The Labute approximate surface area is 192 Å². The number of aromatic nitrogens is 2. The number of aryl methyl sites for hydroxylation is 1. The third-order valence-corrected chi connectivity index (χ3v) is 6.86. The van der Waals surface area contributed by atoms with E-state index in [1.807, 2.05) is 44.1 Å². The lowest BCUT2D eigenvalue weighted by atomic mass is 9.89. The number of fused-ring (bicyclic) bond motifs is 3. The zero-order chi connectivity index (χ0) is 22.8. The van der Waals surface area contributed by atoms with Crippen LogP contribution in [0.2, 0.25) is 0 Å². The number of carbonyl (C=O) groups is 1. The van der Waals surface area contributed by atoms with Crippen LogP contribution in [-0.4, -0.2) is 41.1 Å². The minimum atomic E-state index is -0.280. The number of carbonyl (C=O) groups excluding carboxylic acids is 1. The molecule has 0 fully saturated rings. The Kier molecular flexibility index (Phi) is 6.62. The zero-order valence-electron chi connectivity index (χ0n) is 19.1. The summed E-state index contributed by atoms with van der Waals surface area (Å²) in [6, 6.07) is 7.31. The van der Waals surface area contributed by atoms with E-state index in [1.165, 1.54) is 9.44 Å². The molecule has 4 rings (SSSR count). The second-order valence-electron chi connectivity index (χ2n) is 8.67. The van der Waals surface area contributed by atoms with E-state index in [4.69, 9.17) is 9.72 Å². The smallest absolute Gasteiger partial charge is 0.263 e. The highest BCUT2D eigenvalue weighted by atomic mass is 32.1. The van der Waals surface area contributed by atoms with Crippen LogP contribution >= 0.6 is 11.3 Å². The molecule has 1 aromatic carbocycles. The van der Waals surface area contributed by atoms with Gasteiger partial charge in [0.2, 0.25) is 5.91 Å². The Bertz CT molecular complexity index is 1200. The third-order valence-electron chi connectivity index (χ3n) is 5.71. The van der Waals surface area contributed by atoms with E-state index < -0.39 is 0 Å². The SMILES string of the molecule is CCOc1ccccc1NC(=O)Cn1c(CN(C)C)nc2sc3c(c2c1=O)CCC(C)C3. The van der Waals surface area contributed by atoms with Crippen molar-refractivity contribution in [2.75, 3.05) is 26.0 Å². The van der Waals surface area contributed by atoms with E-state index in [-0.39, 0.29) is 18.0 Å².